The second kappa shape index (κ2) is 7.72. The Bertz CT molecular complexity index is 682. The monoisotopic (exact) mass is 312 g/mol. The smallest absolute Gasteiger partial charge is 0.274 e. The zero-order chi connectivity index (χ0) is 16.8. The molecule has 0 saturated heterocycles. The van der Waals surface area contributed by atoms with Gasteiger partial charge in [0.25, 0.3) is 5.91 Å². The zero-order valence-corrected chi connectivity index (χ0v) is 14.2. The summed E-state index contributed by atoms with van der Waals surface area (Å²) in [5.41, 5.74) is 3.07. The van der Waals surface area contributed by atoms with Crippen molar-refractivity contribution in [1.29, 1.82) is 0 Å². The summed E-state index contributed by atoms with van der Waals surface area (Å²) in [7, 11) is 0. The maximum Gasteiger partial charge on any atom is 0.274 e. The van der Waals surface area contributed by atoms with Crippen LogP contribution in [0.3, 0.4) is 0 Å². The van der Waals surface area contributed by atoms with Gasteiger partial charge in [0.1, 0.15) is 5.69 Å². The Morgan fingerprint density at radius 2 is 1.96 bits per heavy atom. The molecule has 1 heterocycles. The Morgan fingerprint density at radius 1 is 1.22 bits per heavy atom. The minimum absolute atomic E-state index is 0.219. The Hall–Kier alpha value is -2.43. The molecule has 0 atom stereocenters. The second-order valence-corrected chi connectivity index (χ2v) is 5.84. The molecule has 23 heavy (non-hydrogen) atoms. The van der Waals surface area contributed by atoms with Gasteiger partial charge in [-0.2, -0.15) is 0 Å². The summed E-state index contributed by atoms with van der Waals surface area (Å²) >= 11 is 0. The zero-order valence-electron chi connectivity index (χ0n) is 14.2. The fourth-order valence-corrected chi connectivity index (χ4v) is 2.30. The van der Waals surface area contributed by atoms with Crippen molar-refractivity contribution in [2.45, 2.75) is 40.0 Å². The number of aromatic nitrogens is 2. The maximum absolute atomic E-state index is 12.5. The van der Waals surface area contributed by atoms with Crippen molar-refractivity contribution in [3.05, 3.63) is 47.3 Å². The van der Waals surface area contributed by atoms with E-state index in [1.54, 1.807) is 6.07 Å². The average Bonchev–Trinajstić information content (AvgIpc) is 2.52. The van der Waals surface area contributed by atoms with Crippen molar-refractivity contribution in [2.75, 3.05) is 17.2 Å². The molecule has 1 amide bonds. The van der Waals surface area contributed by atoms with Gasteiger partial charge in [-0.3, -0.25) is 4.79 Å². The van der Waals surface area contributed by atoms with Crippen LogP contribution in [0, 0.1) is 6.92 Å². The molecule has 0 fully saturated rings. The van der Waals surface area contributed by atoms with Crippen molar-refractivity contribution < 1.29 is 4.79 Å². The highest BCUT2D eigenvalue weighted by molar-refractivity contribution is 6.03. The molecule has 0 spiro atoms. The van der Waals surface area contributed by atoms with Gasteiger partial charge in [-0.05, 0) is 37.0 Å². The molecule has 1 aromatic heterocycles. The number of nitrogens with one attached hydrogen (secondary N) is 2. The number of benzene rings is 1. The van der Waals surface area contributed by atoms with Crippen LogP contribution < -0.4 is 10.6 Å². The molecule has 5 nitrogen and oxygen atoms in total. The number of carbonyl (C=O) groups excluding carboxylic acids is 1. The van der Waals surface area contributed by atoms with Gasteiger partial charge in [-0.15, -0.1) is 0 Å². The first-order valence-corrected chi connectivity index (χ1v) is 8.01. The van der Waals surface area contributed by atoms with Crippen LogP contribution >= 0.6 is 0 Å². The highest BCUT2D eigenvalue weighted by atomic mass is 16.1. The standard InChI is InChI=1S/C18H24N4O/c1-5-10-19-18-20-13(4)11-16(22-18)17(23)21-15-9-7-6-8-14(15)12(2)3/h6-9,11-12H,5,10H2,1-4H3,(H,21,23)(H,19,20,22). The molecule has 0 saturated carbocycles. The topological polar surface area (TPSA) is 66.9 Å². The number of hydrogen-bond donors (Lipinski definition) is 2. The third-order valence-corrected chi connectivity index (χ3v) is 3.45. The van der Waals surface area contributed by atoms with E-state index in [-0.39, 0.29) is 5.91 Å². The first-order valence-electron chi connectivity index (χ1n) is 8.01. The highest BCUT2D eigenvalue weighted by Crippen LogP contribution is 2.24. The Labute approximate surface area is 137 Å². The minimum atomic E-state index is -0.219. The molecule has 2 N–H and O–H groups in total. The molecule has 0 radical (unpaired) electrons. The molecular weight excluding hydrogens is 288 g/mol. The molecule has 2 rings (SSSR count). The number of anilines is 2. The van der Waals surface area contributed by atoms with Gasteiger partial charge in [0.05, 0.1) is 0 Å². The summed E-state index contributed by atoms with van der Waals surface area (Å²) < 4.78 is 0. The van der Waals surface area contributed by atoms with Crippen molar-refractivity contribution in [3.63, 3.8) is 0 Å². The molecule has 0 unspecified atom stereocenters. The first kappa shape index (κ1) is 16.9. The van der Waals surface area contributed by atoms with E-state index in [0.29, 0.717) is 17.6 Å². The van der Waals surface area contributed by atoms with Gasteiger partial charge in [0.2, 0.25) is 5.95 Å². The van der Waals surface area contributed by atoms with E-state index in [4.69, 9.17) is 0 Å². The summed E-state index contributed by atoms with van der Waals surface area (Å²) in [4.78, 5) is 21.1. The summed E-state index contributed by atoms with van der Waals surface area (Å²) in [6.07, 6.45) is 0.973. The number of carbonyl (C=O) groups is 1. The van der Waals surface area contributed by atoms with Crippen LogP contribution in [0.15, 0.2) is 30.3 Å². The van der Waals surface area contributed by atoms with Crippen LogP contribution in [0.4, 0.5) is 11.6 Å². The van der Waals surface area contributed by atoms with Crippen molar-refractivity contribution in [2.24, 2.45) is 0 Å². The average molecular weight is 312 g/mol. The predicted molar refractivity (Wildman–Crippen MR) is 94.0 cm³/mol. The van der Waals surface area contributed by atoms with Crippen LogP contribution in [0.25, 0.3) is 0 Å². The van der Waals surface area contributed by atoms with E-state index in [2.05, 4.69) is 41.4 Å². The van der Waals surface area contributed by atoms with Crippen LogP contribution in [0.5, 0.6) is 0 Å². The maximum atomic E-state index is 12.5. The minimum Gasteiger partial charge on any atom is -0.354 e. The van der Waals surface area contributed by atoms with E-state index < -0.39 is 0 Å². The molecule has 0 aliphatic carbocycles. The van der Waals surface area contributed by atoms with E-state index >= 15 is 0 Å². The molecule has 5 heteroatoms. The summed E-state index contributed by atoms with van der Waals surface area (Å²) in [6, 6.07) is 9.54. The van der Waals surface area contributed by atoms with Crippen molar-refractivity contribution in [1.82, 2.24) is 9.97 Å². The fraction of sp³-hybridized carbons (Fsp3) is 0.389. The largest absolute Gasteiger partial charge is 0.354 e. The van der Waals surface area contributed by atoms with Crippen molar-refractivity contribution in [3.8, 4) is 0 Å². The number of hydrogen-bond acceptors (Lipinski definition) is 4. The molecule has 2 aromatic rings. The number of amides is 1. The van der Waals surface area contributed by atoms with Gasteiger partial charge in [0, 0.05) is 17.9 Å². The lowest BCUT2D eigenvalue weighted by Gasteiger charge is -2.14. The second-order valence-electron chi connectivity index (χ2n) is 5.84. The first-order chi connectivity index (χ1) is 11.0. The van der Waals surface area contributed by atoms with Gasteiger partial charge in [0.15, 0.2) is 0 Å². The number of rotatable bonds is 6. The van der Waals surface area contributed by atoms with Crippen molar-refractivity contribution >= 4 is 17.5 Å². The van der Waals surface area contributed by atoms with Crippen LogP contribution in [-0.2, 0) is 0 Å². The van der Waals surface area contributed by atoms with E-state index in [9.17, 15) is 4.79 Å². The Morgan fingerprint density at radius 3 is 2.65 bits per heavy atom. The van der Waals surface area contributed by atoms with Crippen LogP contribution in [0.2, 0.25) is 0 Å². The Balaban J connectivity index is 2.22. The highest BCUT2D eigenvalue weighted by Gasteiger charge is 2.13. The quantitative estimate of drug-likeness (QED) is 0.846. The summed E-state index contributed by atoms with van der Waals surface area (Å²) in [5.74, 6) is 0.609. The van der Waals surface area contributed by atoms with Gasteiger partial charge in [-0.1, -0.05) is 39.0 Å². The lowest BCUT2D eigenvalue weighted by Crippen LogP contribution is -2.17. The van der Waals surface area contributed by atoms with Crippen LogP contribution in [0.1, 0.15) is 54.9 Å². The molecule has 122 valence electrons. The van der Waals surface area contributed by atoms with E-state index in [0.717, 1.165) is 29.9 Å². The normalized spacial score (nSPS) is 10.7. The molecule has 0 aliphatic heterocycles. The molecule has 0 bridgehead atoms. The third-order valence-electron chi connectivity index (χ3n) is 3.45. The van der Waals surface area contributed by atoms with E-state index in [1.807, 2.05) is 31.2 Å². The lowest BCUT2D eigenvalue weighted by atomic mass is 10.0. The van der Waals surface area contributed by atoms with Gasteiger partial charge in [-0.25, -0.2) is 9.97 Å². The SMILES string of the molecule is CCCNc1nc(C)cc(C(=O)Nc2ccccc2C(C)C)n1. The fourth-order valence-electron chi connectivity index (χ4n) is 2.30. The lowest BCUT2D eigenvalue weighted by molar-refractivity contribution is 0.102. The third kappa shape index (κ3) is 4.52. The number of nitrogens with zero attached hydrogens (tertiary/aromatic N) is 2. The van der Waals surface area contributed by atoms with Gasteiger partial charge < -0.3 is 10.6 Å². The molecule has 0 aliphatic rings. The summed E-state index contributed by atoms with van der Waals surface area (Å²) in [5, 5.41) is 6.08. The number of para-hydroxylation sites is 1. The van der Waals surface area contributed by atoms with Crippen LogP contribution in [-0.4, -0.2) is 22.4 Å². The van der Waals surface area contributed by atoms with Gasteiger partial charge >= 0.3 is 0 Å². The van der Waals surface area contributed by atoms with E-state index in [1.165, 1.54) is 0 Å². The molecule has 1 aromatic carbocycles. The molecular formula is C18H24N4O. The Kier molecular flexibility index (Phi) is 5.68. The predicted octanol–water partition coefficient (Wildman–Crippen LogP) is 3.98. The number of aryl methyl sites for hydroxylation is 1. The summed E-state index contributed by atoms with van der Waals surface area (Å²) in [6.45, 7) is 8.91.